The van der Waals surface area contributed by atoms with Crippen molar-refractivity contribution in [3.05, 3.63) is 11.6 Å². The Morgan fingerprint density at radius 3 is 2.94 bits per heavy atom. The second-order valence-electron chi connectivity index (χ2n) is 5.36. The van der Waals surface area contributed by atoms with Gasteiger partial charge in [-0.3, -0.25) is 0 Å². The van der Waals surface area contributed by atoms with Crippen LogP contribution in [0.2, 0.25) is 0 Å². The van der Waals surface area contributed by atoms with E-state index in [1.165, 1.54) is 12.8 Å². The Kier molecular flexibility index (Phi) is 2.32. The number of ether oxygens (including phenoxy) is 1. The summed E-state index contributed by atoms with van der Waals surface area (Å²) in [6.45, 7) is 1.88. The second kappa shape index (κ2) is 3.59. The molecular weight excluding hydrogens is 204 g/mol. The van der Waals surface area contributed by atoms with Crippen LogP contribution in [0.4, 0.5) is 0 Å². The first-order valence-corrected chi connectivity index (χ1v) is 6.29. The molecule has 16 heavy (non-hydrogen) atoms. The highest BCUT2D eigenvalue weighted by Crippen LogP contribution is 2.46. The molecule has 3 aliphatic rings. The van der Waals surface area contributed by atoms with Gasteiger partial charge in [0.05, 0.1) is 12.0 Å². The lowest BCUT2D eigenvalue weighted by Crippen LogP contribution is -2.42. The monoisotopic (exact) mass is 222 g/mol. The number of hydrogen-bond donors (Lipinski definition) is 1. The maximum absolute atomic E-state index is 11.6. The zero-order valence-corrected chi connectivity index (χ0v) is 9.56. The van der Waals surface area contributed by atoms with Crippen LogP contribution in [-0.2, 0) is 9.53 Å². The van der Waals surface area contributed by atoms with Crippen LogP contribution in [0.3, 0.4) is 0 Å². The molecule has 0 radical (unpaired) electrons. The Morgan fingerprint density at radius 1 is 1.38 bits per heavy atom. The van der Waals surface area contributed by atoms with Crippen LogP contribution in [0.1, 0.15) is 32.6 Å². The fourth-order valence-corrected chi connectivity index (χ4v) is 3.66. The third kappa shape index (κ3) is 1.34. The van der Waals surface area contributed by atoms with Gasteiger partial charge in [-0.05, 0) is 31.6 Å². The summed E-state index contributed by atoms with van der Waals surface area (Å²) in [7, 11) is 0. The van der Waals surface area contributed by atoms with E-state index in [0.717, 1.165) is 18.4 Å². The van der Waals surface area contributed by atoms with Gasteiger partial charge in [0.15, 0.2) is 0 Å². The fourth-order valence-electron chi connectivity index (χ4n) is 3.66. The van der Waals surface area contributed by atoms with Crippen LogP contribution >= 0.6 is 0 Å². The Balaban J connectivity index is 1.97. The van der Waals surface area contributed by atoms with Gasteiger partial charge < -0.3 is 9.84 Å². The largest absolute Gasteiger partial charge is 0.459 e. The number of carbonyl (C=O) groups is 1. The van der Waals surface area contributed by atoms with E-state index in [9.17, 15) is 9.90 Å². The molecule has 3 heteroatoms. The van der Waals surface area contributed by atoms with E-state index in [2.05, 4.69) is 6.08 Å². The number of aliphatic hydroxyl groups is 1. The van der Waals surface area contributed by atoms with Crippen LogP contribution in [0.5, 0.6) is 0 Å². The van der Waals surface area contributed by atoms with Crippen molar-refractivity contribution in [1.82, 2.24) is 0 Å². The van der Waals surface area contributed by atoms with Crippen molar-refractivity contribution < 1.29 is 14.6 Å². The summed E-state index contributed by atoms with van der Waals surface area (Å²) in [5.74, 6) is 0.458. The normalized spacial score (nSPS) is 46.8. The molecule has 0 aromatic rings. The van der Waals surface area contributed by atoms with Crippen molar-refractivity contribution in [1.29, 1.82) is 0 Å². The minimum atomic E-state index is -0.383. The zero-order chi connectivity index (χ0) is 11.3. The standard InChI is InChI=1S/C13H18O3/c1-7-11-10(13(15)16-7)6-8-4-2-3-5-9(8)12(11)14/h6-9,11-12,14H,2-5H2,1H3/t7-,8+,9-,11-,12+/m1/s1. The van der Waals surface area contributed by atoms with Crippen molar-refractivity contribution in [2.75, 3.05) is 0 Å². The van der Waals surface area contributed by atoms with Crippen molar-refractivity contribution >= 4 is 5.97 Å². The van der Waals surface area contributed by atoms with Crippen molar-refractivity contribution in [3.8, 4) is 0 Å². The number of esters is 1. The lowest BCUT2D eigenvalue weighted by atomic mass is 9.66. The van der Waals surface area contributed by atoms with E-state index in [1.54, 1.807) is 0 Å². The summed E-state index contributed by atoms with van der Waals surface area (Å²) in [5, 5.41) is 10.4. The van der Waals surface area contributed by atoms with Crippen LogP contribution in [-0.4, -0.2) is 23.3 Å². The number of cyclic esters (lactones) is 1. The van der Waals surface area contributed by atoms with E-state index in [4.69, 9.17) is 4.74 Å². The topological polar surface area (TPSA) is 46.5 Å². The van der Waals surface area contributed by atoms with Gasteiger partial charge in [-0.25, -0.2) is 4.79 Å². The molecule has 1 N–H and O–H groups in total. The SMILES string of the molecule is C[C@H]1OC(=O)C2=C[C@@H]3CCCC[C@H]3[C@H](O)[C@@H]21. The minimum absolute atomic E-state index is 0.0770. The van der Waals surface area contributed by atoms with Gasteiger partial charge in [-0.2, -0.15) is 0 Å². The van der Waals surface area contributed by atoms with E-state index in [1.807, 2.05) is 6.92 Å². The van der Waals surface area contributed by atoms with Gasteiger partial charge in [0.2, 0.25) is 0 Å². The number of aliphatic hydroxyl groups excluding tert-OH is 1. The molecule has 0 bridgehead atoms. The molecule has 0 aromatic carbocycles. The summed E-state index contributed by atoms with van der Waals surface area (Å²) in [4.78, 5) is 11.6. The third-order valence-electron chi connectivity index (χ3n) is 4.47. The molecule has 1 heterocycles. The molecule has 88 valence electrons. The molecular formula is C13H18O3. The summed E-state index contributed by atoms with van der Waals surface area (Å²) >= 11 is 0. The molecule has 5 atom stereocenters. The van der Waals surface area contributed by atoms with Crippen molar-refractivity contribution in [2.45, 2.75) is 44.8 Å². The summed E-state index contributed by atoms with van der Waals surface area (Å²) in [5.41, 5.74) is 0.739. The number of allylic oxidation sites excluding steroid dienone is 1. The van der Waals surface area contributed by atoms with Gasteiger partial charge in [0.25, 0.3) is 0 Å². The van der Waals surface area contributed by atoms with Crippen LogP contribution < -0.4 is 0 Å². The first kappa shape index (κ1) is 10.3. The lowest BCUT2D eigenvalue weighted by Gasteiger charge is -2.40. The van der Waals surface area contributed by atoms with Crippen LogP contribution in [0, 0.1) is 17.8 Å². The molecule has 3 nitrogen and oxygen atoms in total. The number of fused-ring (bicyclic) bond motifs is 2. The molecule has 2 aliphatic carbocycles. The maximum atomic E-state index is 11.6. The summed E-state index contributed by atoms with van der Waals surface area (Å²) in [6, 6.07) is 0. The highest BCUT2D eigenvalue weighted by atomic mass is 16.6. The predicted molar refractivity (Wildman–Crippen MR) is 58.6 cm³/mol. The molecule has 0 amide bonds. The van der Waals surface area contributed by atoms with Gasteiger partial charge in [0, 0.05) is 5.57 Å². The Labute approximate surface area is 95.5 Å². The lowest BCUT2D eigenvalue weighted by molar-refractivity contribution is -0.138. The van der Waals surface area contributed by atoms with E-state index in [0.29, 0.717) is 11.8 Å². The number of carbonyl (C=O) groups excluding carboxylic acids is 1. The first-order valence-electron chi connectivity index (χ1n) is 6.29. The second-order valence-corrected chi connectivity index (χ2v) is 5.36. The molecule has 2 fully saturated rings. The Morgan fingerprint density at radius 2 is 2.12 bits per heavy atom. The smallest absolute Gasteiger partial charge is 0.334 e. The predicted octanol–water partition coefficient (Wildman–Crippen LogP) is 1.66. The first-order chi connectivity index (χ1) is 7.68. The van der Waals surface area contributed by atoms with Crippen molar-refractivity contribution in [3.63, 3.8) is 0 Å². The zero-order valence-electron chi connectivity index (χ0n) is 9.56. The molecule has 3 rings (SSSR count). The van der Waals surface area contributed by atoms with E-state index in [-0.39, 0.29) is 24.1 Å². The molecule has 0 aromatic heterocycles. The highest BCUT2D eigenvalue weighted by Gasteiger charge is 2.49. The average Bonchev–Trinajstić information content (AvgIpc) is 2.55. The van der Waals surface area contributed by atoms with Crippen LogP contribution in [0.25, 0.3) is 0 Å². The van der Waals surface area contributed by atoms with Gasteiger partial charge in [-0.15, -0.1) is 0 Å². The van der Waals surface area contributed by atoms with Gasteiger partial charge >= 0.3 is 5.97 Å². The maximum Gasteiger partial charge on any atom is 0.334 e. The molecule has 0 spiro atoms. The molecule has 1 aliphatic heterocycles. The molecule has 1 saturated heterocycles. The van der Waals surface area contributed by atoms with Gasteiger partial charge in [-0.1, -0.05) is 18.9 Å². The van der Waals surface area contributed by atoms with E-state index < -0.39 is 0 Å². The number of hydrogen-bond acceptors (Lipinski definition) is 3. The quantitative estimate of drug-likeness (QED) is 0.634. The van der Waals surface area contributed by atoms with Crippen molar-refractivity contribution in [2.24, 2.45) is 17.8 Å². The number of rotatable bonds is 0. The Bertz CT molecular complexity index is 347. The fraction of sp³-hybridized carbons (Fsp3) is 0.769. The summed E-state index contributed by atoms with van der Waals surface area (Å²) < 4.78 is 5.22. The van der Waals surface area contributed by atoms with Gasteiger partial charge in [0.1, 0.15) is 6.10 Å². The summed E-state index contributed by atoms with van der Waals surface area (Å²) in [6.07, 6.45) is 6.17. The highest BCUT2D eigenvalue weighted by molar-refractivity contribution is 5.92. The molecule has 1 saturated carbocycles. The Hall–Kier alpha value is -0.830. The van der Waals surface area contributed by atoms with E-state index >= 15 is 0 Å². The van der Waals surface area contributed by atoms with Crippen LogP contribution in [0.15, 0.2) is 11.6 Å². The average molecular weight is 222 g/mol. The molecule has 0 unspecified atom stereocenters. The minimum Gasteiger partial charge on any atom is -0.459 e. The third-order valence-corrected chi connectivity index (χ3v) is 4.47.